The van der Waals surface area contributed by atoms with Crippen molar-refractivity contribution in [3.63, 3.8) is 0 Å². The van der Waals surface area contributed by atoms with E-state index in [0.29, 0.717) is 0 Å². The maximum absolute atomic E-state index is 4.93. The van der Waals surface area contributed by atoms with Gasteiger partial charge in [0, 0.05) is 84.8 Å². The molecule has 2 aromatic heterocycles. The molecule has 4 heterocycles. The van der Waals surface area contributed by atoms with Gasteiger partial charge in [-0.25, -0.2) is 4.98 Å². The number of piperazine rings is 2. The van der Waals surface area contributed by atoms with Gasteiger partial charge in [-0.3, -0.25) is 9.89 Å². The maximum Gasteiger partial charge on any atom is 0.194 e. The number of hydrogen-bond acceptors (Lipinski definition) is 7. The lowest BCUT2D eigenvalue weighted by Crippen LogP contribution is -2.52. The normalized spacial score (nSPS) is 18.7. The Morgan fingerprint density at radius 2 is 1.84 bits per heavy atom. The van der Waals surface area contributed by atoms with E-state index in [0.717, 1.165) is 82.9 Å². The molecular formula is C21H33IN8O. The lowest BCUT2D eigenvalue weighted by atomic mass is 10.2. The van der Waals surface area contributed by atoms with Crippen molar-refractivity contribution in [3.8, 4) is 0 Å². The first kappa shape index (κ1) is 23.7. The van der Waals surface area contributed by atoms with Crippen molar-refractivity contribution < 1.29 is 4.52 Å². The van der Waals surface area contributed by atoms with E-state index in [1.54, 1.807) is 6.26 Å². The molecule has 1 N–H and O–H groups in total. The van der Waals surface area contributed by atoms with Crippen LogP contribution in [0.1, 0.15) is 11.3 Å². The van der Waals surface area contributed by atoms with Crippen LogP contribution in [0, 0.1) is 0 Å². The minimum atomic E-state index is 0. The van der Waals surface area contributed by atoms with E-state index in [2.05, 4.69) is 59.2 Å². The van der Waals surface area contributed by atoms with Gasteiger partial charge in [0.15, 0.2) is 5.96 Å². The average molecular weight is 540 g/mol. The molecule has 4 rings (SSSR count). The molecule has 0 amide bonds. The third-order valence-electron chi connectivity index (χ3n) is 5.85. The average Bonchev–Trinajstić information content (AvgIpc) is 3.29. The Hall–Kier alpha value is -1.92. The first-order valence-corrected chi connectivity index (χ1v) is 10.7. The van der Waals surface area contributed by atoms with Crippen molar-refractivity contribution in [3.05, 3.63) is 41.9 Å². The molecule has 2 aromatic rings. The van der Waals surface area contributed by atoms with E-state index in [1.165, 1.54) is 5.56 Å². The Morgan fingerprint density at radius 1 is 1.06 bits per heavy atom. The van der Waals surface area contributed by atoms with E-state index >= 15 is 0 Å². The fraction of sp³-hybridized carbons (Fsp3) is 0.571. The zero-order valence-corrected chi connectivity index (χ0v) is 20.7. The molecule has 0 atom stereocenters. The molecule has 31 heavy (non-hydrogen) atoms. The smallest absolute Gasteiger partial charge is 0.194 e. The van der Waals surface area contributed by atoms with Gasteiger partial charge in [-0.2, -0.15) is 0 Å². The quantitative estimate of drug-likeness (QED) is 0.346. The lowest BCUT2D eigenvalue weighted by Gasteiger charge is -2.36. The number of hydrogen-bond donors (Lipinski definition) is 1. The highest BCUT2D eigenvalue weighted by Gasteiger charge is 2.20. The molecule has 0 bridgehead atoms. The van der Waals surface area contributed by atoms with E-state index in [-0.39, 0.29) is 24.0 Å². The molecule has 2 aliphatic heterocycles. The van der Waals surface area contributed by atoms with Gasteiger partial charge in [-0.05, 0) is 18.7 Å². The molecular weight excluding hydrogens is 507 g/mol. The number of guanidine groups is 1. The SMILES string of the molecule is CN=C(NCc1ccc(N2CCN(C)CC2)nc1)N1CCN(Cc2ccon2)CC1.I. The van der Waals surface area contributed by atoms with Crippen LogP contribution in [0.4, 0.5) is 5.82 Å². The molecule has 2 saturated heterocycles. The Balaban J connectivity index is 0.00000272. The first-order chi connectivity index (χ1) is 14.7. The van der Waals surface area contributed by atoms with Gasteiger partial charge >= 0.3 is 0 Å². The summed E-state index contributed by atoms with van der Waals surface area (Å²) in [6.07, 6.45) is 3.60. The van der Waals surface area contributed by atoms with Gasteiger partial charge in [0.25, 0.3) is 0 Å². The van der Waals surface area contributed by atoms with Crippen molar-refractivity contribution in [2.45, 2.75) is 13.1 Å². The van der Waals surface area contributed by atoms with Crippen LogP contribution in [0.5, 0.6) is 0 Å². The van der Waals surface area contributed by atoms with Crippen molar-refractivity contribution in [1.82, 2.24) is 30.2 Å². The predicted octanol–water partition coefficient (Wildman–Crippen LogP) is 1.33. The van der Waals surface area contributed by atoms with E-state index in [4.69, 9.17) is 4.52 Å². The Bertz CT molecular complexity index is 797. The van der Waals surface area contributed by atoms with Crippen LogP contribution in [0.25, 0.3) is 0 Å². The fourth-order valence-electron chi connectivity index (χ4n) is 3.92. The zero-order chi connectivity index (χ0) is 20.8. The number of halogens is 1. The highest BCUT2D eigenvalue weighted by molar-refractivity contribution is 14.0. The molecule has 0 saturated carbocycles. The van der Waals surface area contributed by atoms with Crippen LogP contribution in [0.15, 0.2) is 40.2 Å². The summed E-state index contributed by atoms with van der Waals surface area (Å²) in [7, 11) is 4.02. The summed E-state index contributed by atoms with van der Waals surface area (Å²) in [6, 6.07) is 6.22. The van der Waals surface area contributed by atoms with E-state index in [1.807, 2.05) is 19.3 Å². The number of likely N-dealkylation sites (N-methyl/N-ethyl adjacent to an activating group) is 1. The molecule has 0 radical (unpaired) electrons. The molecule has 170 valence electrons. The topological polar surface area (TPSA) is 76.3 Å². The van der Waals surface area contributed by atoms with Crippen LogP contribution in [0.3, 0.4) is 0 Å². The van der Waals surface area contributed by atoms with Crippen molar-refractivity contribution >= 4 is 35.8 Å². The summed E-state index contributed by atoms with van der Waals surface area (Å²) in [5.74, 6) is 2.01. The van der Waals surface area contributed by atoms with Crippen LogP contribution in [-0.4, -0.2) is 97.3 Å². The van der Waals surface area contributed by atoms with Gasteiger partial charge in [0.1, 0.15) is 12.1 Å². The van der Waals surface area contributed by atoms with Gasteiger partial charge in [0.2, 0.25) is 0 Å². The first-order valence-electron chi connectivity index (χ1n) is 10.7. The standard InChI is InChI=1S/C21H32N8O.HI/c1-22-21(29-12-8-27(9-13-29)17-19-5-14-30-25-19)24-16-18-3-4-20(23-15-18)28-10-6-26(2)7-11-28;/h3-5,14-15H,6-13,16-17H2,1-2H3,(H,22,24);1H. The van der Waals surface area contributed by atoms with Crippen molar-refractivity contribution in [1.29, 1.82) is 0 Å². The molecule has 2 fully saturated rings. The molecule has 2 aliphatic rings. The lowest BCUT2D eigenvalue weighted by molar-refractivity contribution is 0.169. The van der Waals surface area contributed by atoms with Crippen LogP contribution in [0.2, 0.25) is 0 Å². The molecule has 0 aliphatic carbocycles. The molecule has 10 heteroatoms. The number of aliphatic imine (C=N–C) groups is 1. The number of anilines is 1. The van der Waals surface area contributed by atoms with E-state index in [9.17, 15) is 0 Å². The zero-order valence-electron chi connectivity index (χ0n) is 18.4. The summed E-state index contributed by atoms with van der Waals surface area (Å²) in [6.45, 7) is 9.66. The summed E-state index contributed by atoms with van der Waals surface area (Å²) in [5.41, 5.74) is 2.15. The number of nitrogens with one attached hydrogen (secondary N) is 1. The fourth-order valence-corrected chi connectivity index (χ4v) is 3.92. The summed E-state index contributed by atoms with van der Waals surface area (Å²) < 4.78 is 4.93. The van der Waals surface area contributed by atoms with E-state index < -0.39 is 0 Å². The van der Waals surface area contributed by atoms with Gasteiger partial charge in [-0.15, -0.1) is 24.0 Å². The molecule has 0 spiro atoms. The van der Waals surface area contributed by atoms with Gasteiger partial charge in [-0.1, -0.05) is 11.2 Å². The Kier molecular flexibility index (Phi) is 8.90. The van der Waals surface area contributed by atoms with Crippen molar-refractivity contribution in [2.75, 3.05) is 71.4 Å². The van der Waals surface area contributed by atoms with Crippen LogP contribution >= 0.6 is 24.0 Å². The second-order valence-corrected chi connectivity index (χ2v) is 7.97. The minimum absolute atomic E-state index is 0. The molecule has 0 aromatic carbocycles. The summed E-state index contributed by atoms with van der Waals surface area (Å²) in [5, 5.41) is 7.50. The van der Waals surface area contributed by atoms with Gasteiger partial charge < -0.3 is 24.5 Å². The molecule has 0 unspecified atom stereocenters. The third kappa shape index (κ3) is 6.53. The largest absolute Gasteiger partial charge is 0.364 e. The second-order valence-electron chi connectivity index (χ2n) is 7.97. The highest BCUT2D eigenvalue weighted by atomic mass is 127. The number of aromatic nitrogens is 2. The maximum atomic E-state index is 4.93. The monoisotopic (exact) mass is 540 g/mol. The second kappa shape index (κ2) is 11.6. The molecule has 9 nitrogen and oxygen atoms in total. The minimum Gasteiger partial charge on any atom is -0.364 e. The van der Waals surface area contributed by atoms with Crippen molar-refractivity contribution in [2.24, 2.45) is 4.99 Å². The Labute approximate surface area is 201 Å². The summed E-state index contributed by atoms with van der Waals surface area (Å²) >= 11 is 0. The van der Waals surface area contributed by atoms with Crippen LogP contribution < -0.4 is 10.2 Å². The third-order valence-corrected chi connectivity index (χ3v) is 5.85. The number of nitrogens with zero attached hydrogens (tertiary/aromatic N) is 7. The Morgan fingerprint density at radius 3 is 2.45 bits per heavy atom. The summed E-state index contributed by atoms with van der Waals surface area (Å²) in [4.78, 5) is 18.6. The predicted molar refractivity (Wildman–Crippen MR) is 133 cm³/mol. The number of rotatable bonds is 5. The van der Waals surface area contributed by atoms with Crippen LogP contribution in [-0.2, 0) is 13.1 Å². The van der Waals surface area contributed by atoms with Gasteiger partial charge in [0.05, 0.1) is 5.69 Å². The number of pyridine rings is 1. The highest BCUT2D eigenvalue weighted by Crippen LogP contribution is 2.14.